The van der Waals surface area contributed by atoms with Gasteiger partial charge in [0.25, 0.3) is 0 Å². The third-order valence-electron chi connectivity index (χ3n) is 1.14. The summed E-state index contributed by atoms with van der Waals surface area (Å²) in [4.78, 5) is 5.17. The normalized spacial score (nSPS) is 16.2. The Hall–Kier alpha value is -0.180. The molecule has 0 N–H and O–H groups in total. The van der Waals surface area contributed by atoms with Crippen LogP contribution in [0.25, 0.3) is 0 Å². The van der Waals surface area contributed by atoms with Crippen molar-refractivity contribution in [3.8, 4) is 0 Å². The van der Waals surface area contributed by atoms with E-state index in [1.165, 1.54) is 11.1 Å². The van der Waals surface area contributed by atoms with Gasteiger partial charge in [-0.1, -0.05) is 22.9 Å². The lowest BCUT2D eigenvalue weighted by Crippen LogP contribution is -1.97. The van der Waals surface area contributed by atoms with Crippen LogP contribution in [0.4, 0.5) is 4.39 Å². The lowest BCUT2D eigenvalue weighted by molar-refractivity contribution is 0.688. The number of aliphatic imine (C=N–C) groups is 1. The first-order chi connectivity index (χ1) is 4.70. The van der Waals surface area contributed by atoms with Gasteiger partial charge < -0.3 is 0 Å². The van der Waals surface area contributed by atoms with Crippen molar-refractivity contribution in [3.05, 3.63) is 11.1 Å². The smallest absolute Gasteiger partial charge is 0.209 e. The van der Waals surface area contributed by atoms with Gasteiger partial charge in [-0.25, -0.2) is 0 Å². The van der Waals surface area contributed by atoms with Crippen molar-refractivity contribution in [2.45, 2.75) is 26.3 Å². The molecule has 0 radical (unpaired) electrons. The van der Waals surface area contributed by atoms with Crippen LogP contribution in [0.2, 0.25) is 0 Å². The van der Waals surface area contributed by atoms with Gasteiger partial charge in [-0.3, -0.25) is 4.99 Å². The van der Waals surface area contributed by atoms with Crippen molar-refractivity contribution in [1.82, 2.24) is 0 Å². The van der Waals surface area contributed by atoms with Gasteiger partial charge in [0, 0.05) is 0 Å². The Balaban J connectivity index is 3.89. The van der Waals surface area contributed by atoms with E-state index < -0.39 is 5.97 Å². The first kappa shape index (κ1) is 9.82. The minimum absolute atomic E-state index is 0.0729. The van der Waals surface area contributed by atoms with Gasteiger partial charge in [-0.15, -0.1) is 0 Å². The molecular weight excluding hydrogens is 197 g/mol. The SMILES string of the molecule is CCC(C)N=C(F)/C=C/Br. The zero-order valence-electron chi connectivity index (χ0n) is 6.14. The van der Waals surface area contributed by atoms with E-state index in [1.807, 2.05) is 13.8 Å². The van der Waals surface area contributed by atoms with Crippen LogP contribution in [0.5, 0.6) is 0 Å². The van der Waals surface area contributed by atoms with Crippen LogP contribution >= 0.6 is 15.9 Å². The van der Waals surface area contributed by atoms with E-state index in [-0.39, 0.29) is 6.04 Å². The monoisotopic (exact) mass is 207 g/mol. The molecule has 0 saturated carbocycles. The first-order valence-electron chi connectivity index (χ1n) is 3.20. The highest BCUT2D eigenvalue weighted by Crippen LogP contribution is 1.98. The standard InChI is InChI=1S/C7H11BrFN/c1-3-6(2)10-7(9)4-5-8/h4-6H,3H2,1-2H3/b5-4+,10-7?. The zero-order chi connectivity index (χ0) is 7.98. The average molecular weight is 208 g/mol. The summed E-state index contributed by atoms with van der Waals surface area (Å²) in [5.74, 6) is -0.425. The minimum Gasteiger partial charge on any atom is -0.255 e. The van der Waals surface area contributed by atoms with Crippen molar-refractivity contribution in [1.29, 1.82) is 0 Å². The molecule has 0 amide bonds. The molecule has 1 unspecified atom stereocenters. The summed E-state index contributed by atoms with van der Waals surface area (Å²) in [7, 11) is 0. The van der Waals surface area contributed by atoms with Gasteiger partial charge in [0.1, 0.15) is 0 Å². The van der Waals surface area contributed by atoms with E-state index in [9.17, 15) is 4.39 Å². The summed E-state index contributed by atoms with van der Waals surface area (Å²) in [5.41, 5.74) is 0. The summed E-state index contributed by atoms with van der Waals surface area (Å²) >= 11 is 2.96. The minimum atomic E-state index is -0.425. The van der Waals surface area contributed by atoms with Crippen LogP contribution in [0, 0.1) is 0 Å². The Labute approximate surface area is 69.2 Å². The number of nitrogens with zero attached hydrogens (tertiary/aromatic N) is 1. The van der Waals surface area contributed by atoms with Crippen LogP contribution in [0.1, 0.15) is 20.3 Å². The van der Waals surface area contributed by atoms with Gasteiger partial charge in [0.2, 0.25) is 5.97 Å². The molecule has 10 heavy (non-hydrogen) atoms. The molecule has 0 saturated heterocycles. The van der Waals surface area contributed by atoms with Crippen LogP contribution in [0.3, 0.4) is 0 Å². The molecule has 1 atom stereocenters. The van der Waals surface area contributed by atoms with Crippen LogP contribution in [0.15, 0.2) is 16.1 Å². The highest BCUT2D eigenvalue weighted by Gasteiger charge is 1.95. The number of rotatable bonds is 3. The molecule has 0 spiro atoms. The van der Waals surface area contributed by atoms with Crippen LogP contribution in [-0.2, 0) is 0 Å². The van der Waals surface area contributed by atoms with E-state index in [2.05, 4.69) is 20.9 Å². The lowest BCUT2D eigenvalue weighted by Gasteiger charge is -1.98. The maximum Gasteiger partial charge on any atom is 0.209 e. The van der Waals surface area contributed by atoms with Crippen molar-refractivity contribution in [2.75, 3.05) is 0 Å². The predicted molar refractivity (Wildman–Crippen MR) is 46.4 cm³/mol. The number of hydrogen-bond donors (Lipinski definition) is 0. The second kappa shape index (κ2) is 5.59. The summed E-state index contributed by atoms with van der Waals surface area (Å²) < 4.78 is 12.5. The highest BCUT2D eigenvalue weighted by atomic mass is 79.9. The van der Waals surface area contributed by atoms with Gasteiger partial charge in [-0.2, -0.15) is 4.39 Å². The van der Waals surface area contributed by atoms with Crippen molar-refractivity contribution < 1.29 is 4.39 Å². The number of halogens is 2. The average Bonchev–Trinajstić information content (AvgIpc) is 1.88. The summed E-state index contributed by atoms with van der Waals surface area (Å²) in [6, 6.07) is 0.0729. The van der Waals surface area contributed by atoms with Crippen molar-refractivity contribution in [3.63, 3.8) is 0 Å². The molecule has 1 nitrogen and oxygen atoms in total. The van der Waals surface area contributed by atoms with Crippen LogP contribution in [-0.4, -0.2) is 12.0 Å². The van der Waals surface area contributed by atoms with Gasteiger partial charge in [0.05, 0.1) is 6.04 Å². The van der Waals surface area contributed by atoms with E-state index in [0.717, 1.165) is 6.42 Å². The van der Waals surface area contributed by atoms with Gasteiger partial charge in [-0.05, 0) is 24.4 Å². The summed E-state index contributed by atoms with van der Waals surface area (Å²) in [6.45, 7) is 3.85. The molecule has 0 aromatic carbocycles. The van der Waals surface area contributed by atoms with E-state index in [4.69, 9.17) is 0 Å². The molecule has 0 bridgehead atoms. The lowest BCUT2D eigenvalue weighted by atomic mass is 10.3. The quantitative estimate of drug-likeness (QED) is 0.632. The van der Waals surface area contributed by atoms with E-state index >= 15 is 0 Å². The van der Waals surface area contributed by atoms with Gasteiger partial charge in [0.15, 0.2) is 0 Å². The van der Waals surface area contributed by atoms with Crippen LogP contribution < -0.4 is 0 Å². The number of hydrogen-bond acceptors (Lipinski definition) is 1. The Kier molecular flexibility index (Phi) is 5.49. The molecule has 0 rings (SSSR count). The molecule has 0 aromatic heterocycles. The molecule has 3 heteroatoms. The zero-order valence-corrected chi connectivity index (χ0v) is 7.73. The fourth-order valence-electron chi connectivity index (χ4n) is 0.397. The number of allylic oxidation sites excluding steroid dienone is 1. The molecule has 0 aliphatic carbocycles. The first-order valence-corrected chi connectivity index (χ1v) is 4.12. The van der Waals surface area contributed by atoms with Crippen molar-refractivity contribution >= 4 is 21.9 Å². The Morgan fingerprint density at radius 3 is 2.80 bits per heavy atom. The third kappa shape index (κ3) is 4.68. The van der Waals surface area contributed by atoms with Crippen molar-refractivity contribution in [2.24, 2.45) is 4.99 Å². The second-order valence-electron chi connectivity index (χ2n) is 2.00. The predicted octanol–water partition coefficient (Wildman–Crippen LogP) is 3.06. The molecule has 0 aromatic rings. The fraction of sp³-hybridized carbons (Fsp3) is 0.571. The largest absolute Gasteiger partial charge is 0.255 e. The summed E-state index contributed by atoms with van der Waals surface area (Å²) in [6.07, 6.45) is 2.15. The summed E-state index contributed by atoms with van der Waals surface area (Å²) in [5, 5.41) is 0. The van der Waals surface area contributed by atoms with Gasteiger partial charge >= 0.3 is 0 Å². The highest BCUT2D eigenvalue weighted by molar-refractivity contribution is 9.11. The molecule has 0 heterocycles. The Morgan fingerprint density at radius 2 is 2.40 bits per heavy atom. The Bertz CT molecular complexity index is 143. The fourth-order valence-corrected chi connectivity index (χ4v) is 0.615. The van der Waals surface area contributed by atoms with E-state index in [0.29, 0.717) is 0 Å². The second-order valence-corrected chi connectivity index (χ2v) is 2.53. The molecule has 0 aliphatic rings. The Morgan fingerprint density at radius 1 is 1.80 bits per heavy atom. The third-order valence-corrected chi connectivity index (χ3v) is 1.40. The molecule has 0 aliphatic heterocycles. The molecule has 0 fully saturated rings. The van der Waals surface area contributed by atoms with E-state index in [1.54, 1.807) is 0 Å². The molecule has 58 valence electrons. The maximum absolute atomic E-state index is 12.5. The molecular formula is C7H11BrFN. The maximum atomic E-state index is 12.5. The topological polar surface area (TPSA) is 12.4 Å².